The zero-order valence-corrected chi connectivity index (χ0v) is 10.2. The Labute approximate surface area is 102 Å². The highest BCUT2D eigenvalue weighted by Crippen LogP contribution is 2.55. The van der Waals surface area contributed by atoms with Crippen molar-refractivity contribution < 1.29 is 14.6 Å². The number of hydrogen-bond donors (Lipinski definition) is 2. The molecule has 96 valence electrons. The molecule has 0 atom stereocenters. The van der Waals surface area contributed by atoms with E-state index in [1.807, 2.05) is 0 Å². The second-order valence-corrected chi connectivity index (χ2v) is 6.18. The van der Waals surface area contributed by atoms with Crippen LogP contribution in [0.5, 0.6) is 0 Å². The molecule has 4 nitrogen and oxygen atoms in total. The number of ether oxygens (including phenoxy) is 1. The van der Waals surface area contributed by atoms with E-state index >= 15 is 0 Å². The first-order valence-corrected chi connectivity index (χ1v) is 6.75. The van der Waals surface area contributed by atoms with Gasteiger partial charge in [0.2, 0.25) is 0 Å². The van der Waals surface area contributed by atoms with Gasteiger partial charge in [-0.25, -0.2) is 4.79 Å². The first-order valence-electron chi connectivity index (χ1n) is 6.75. The van der Waals surface area contributed by atoms with Crippen molar-refractivity contribution in [1.82, 2.24) is 5.32 Å². The molecule has 0 aromatic heterocycles. The van der Waals surface area contributed by atoms with Crippen molar-refractivity contribution in [3.8, 4) is 0 Å². The van der Waals surface area contributed by atoms with Gasteiger partial charge >= 0.3 is 6.09 Å². The number of carbonyl (C=O) groups is 1. The summed E-state index contributed by atoms with van der Waals surface area (Å²) >= 11 is 0. The topological polar surface area (TPSA) is 58.6 Å². The fraction of sp³-hybridized carbons (Fsp3) is 0.923. The second kappa shape index (κ2) is 4.16. The molecule has 4 aliphatic rings. The fourth-order valence-corrected chi connectivity index (χ4v) is 4.65. The highest BCUT2D eigenvalue weighted by molar-refractivity contribution is 5.68. The highest BCUT2D eigenvalue weighted by atomic mass is 16.6. The van der Waals surface area contributed by atoms with E-state index in [2.05, 4.69) is 5.32 Å². The van der Waals surface area contributed by atoms with E-state index in [1.54, 1.807) is 0 Å². The number of nitrogens with one attached hydrogen (secondary N) is 1. The summed E-state index contributed by atoms with van der Waals surface area (Å²) in [4.78, 5) is 11.6. The SMILES string of the molecule is O=C(NC12CC3CC(CC(C3)C1)C2)OCCO. The van der Waals surface area contributed by atoms with Gasteiger partial charge in [-0.15, -0.1) is 0 Å². The molecule has 4 bridgehead atoms. The van der Waals surface area contributed by atoms with Gasteiger partial charge in [-0.3, -0.25) is 0 Å². The van der Waals surface area contributed by atoms with Gasteiger partial charge in [-0.1, -0.05) is 0 Å². The fourth-order valence-electron chi connectivity index (χ4n) is 4.65. The highest BCUT2D eigenvalue weighted by Gasteiger charge is 2.51. The monoisotopic (exact) mass is 239 g/mol. The van der Waals surface area contributed by atoms with E-state index < -0.39 is 0 Å². The summed E-state index contributed by atoms with van der Waals surface area (Å²) in [6, 6.07) is 0. The van der Waals surface area contributed by atoms with E-state index in [4.69, 9.17) is 9.84 Å². The maximum absolute atomic E-state index is 11.6. The lowest BCUT2D eigenvalue weighted by atomic mass is 9.53. The molecule has 0 radical (unpaired) electrons. The van der Waals surface area contributed by atoms with Gasteiger partial charge in [0, 0.05) is 5.54 Å². The number of amides is 1. The summed E-state index contributed by atoms with van der Waals surface area (Å²) in [6.07, 6.45) is 7.15. The van der Waals surface area contributed by atoms with Crippen molar-refractivity contribution in [3.63, 3.8) is 0 Å². The lowest BCUT2D eigenvalue weighted by Crippen LogP contribution is -2.59. The predicted molar refractivity (Wildman–Crippen MR) is 62.5 cm³/mol. The van der Waals surface area contributed by atoms with E-state index in [9.17, 15) is 4.79 Å². The Hall–Kier alpha value is -0.770. The molecule has 4 heteroatoms. The molecule has 0 saturated heterocycles. The first-order chi connectivity index (χ1) is 8.19. The Morgan fingerprint density at radius 3 is 2.18 bits per heavy atom. The maximum atomic E-state index is 11.6. The number of rotatable bonds is 3. The van der Waals surface area contributed by atoms with Crippen molar-refractivity contribution in [2.45, 2.75) is 44.1 Å². The molecule has 2 N–H and O–H groups in total. The molecule has 0 heterocycles. The minimum atomic E-state index is -0.346. The molecule has 1 amide bonds. The maximum Gasteiger partial charge on any atom is 0.407 e. The van der Waals surface area contributed by atoms with Crippen LogP contribution in [0.25, 0.3) is 0 Å². The Balaban J connectivity index is 1.64. The number of aliphatic hydroxyl groups excluding tert-OH is 1. The summed E-state index contributed by atoms with van der Waals surface area (Å²) in [5, 5.41) is 11.7. The number of aliphatic hydroxyl groups is 1. The minimum Gasteiger partial charge on any atom is -0.447 e. The van der Waals surface area contributed by atoms with Gasteiger partial charge < -0.3 is 15.2 Å². The second-order valence-electron chi connectivity index (χ2n) is 6.18. The van der Waals surface area contributed by atoms with Crippen molar-refractivity contribution in [3.05, 3.63) is 0 Å². The van der Waals surface area contributed by atoms with Crippen LogP contribution in [0.3, 0.4) is 0 Å². The summed E-state index contributed by atoms with van der Waals surface area (Å²) in [6.45, 7) is -0.00745. The average molecular weight is 239 g/mol. The van der Waals surface area contributed by atoms with Crippen LogP contribution >= 0.6 is 0 Å². The molecule has 4 aliphatic carbocycles. The van der Waals surface area contributed by atoms with E-state index in [1.165, 1.54) is 19.3 Å². The van der Waals surface area contributed by atoms with Crippen molar-refractivity contribution in [2.75, 3.05) is 13.2 Å². The number of hydrogen-bond acceptors (Lipinski definition) is 3. The third kappa shape index (κ3) is 2.15. The van der Waals surface area contributed by atoms with Crippen LogP contribution in [0.15, 0.2) is 0 Å². The zero-order valence-electron chi connectivity index (χ0n) is 10.2. The molecule has 0 aromatic rings. The van der Waals surface area contributed by atoms with Crippen LogP contribution in [0, 0.1) is 17.8 Å². The van der Waals surface area contributed by atoms with Gasteiger partial charge in [0.15, 0.2) is 0 Å². The van der Waals surface area contributed by atoms with Crippen LogP contribution < -0.4 is 5.32 Å². The third-order valence-electron chi connectivity index (χ3n) is 4.73. The molecule has 4 fully saturated rings. The average Bonchev–Trinajstić information content (AvgIpc) is 2.23. The predicted octanol–water partition coefficient (Wildman–Crippen LogP) is 1.67. The van der Waals surface area contributed by atoms with Crippen LogP contribution in [0.4, 0.5) is 4.79 Å². The number of alkyl carbamates (subject to hydrolysis) is 1. The first kappa shape index (κ1) is 11.3. The van der Waals surface area contributed by atoms with Crippen LogP contribution in [-0.2, 0) is 4.74 Å². The van der Waals surface area contributed by atoms with Crippen molar-refractivity contribution in [1.29, 1.82) is 0 Å². The summed E-state index contributed by atoms with van der Waals surface area (Å²) in [7, 11) is 0. The molecule has 17 heavy (non-hydrogen) atoms. The standard InChI is InChI=1S/C13H21NO3/c15-1-2-17-12(16)14-13-6-9-3-10(7-13)5-11(4-9)8-13/h9-11,15H,1-8H2,(H,14,16). The largest absolute Gasteiger partial charge is 0.447 e. The molecule has 0 spiro atoms. The van der Waals surface area contributed by atoms with Crippen LogP contribution in [0.2, 0.25) is 0 Å². The quantitative estimate of drug-likeness (QED) is 0.787. The Bertz CT molecular complexity index is 281. The summed E-state index contributed by atoms with van der Waals surface area (Å²) in [5.74, 6) is 2.46. The molecule has 0 aromatic carbocycles. The van der Waals surface area contributed by atoms with Crippen LogP contribution in [-0.4, -0.2) is 30.0 Å². The third-order valence-corrected chi connectivity index (χ3v) is 4.73. The minimum absolute atomic E-state index is 0.0152. The smallest absolute Gasteiger partial charge is 0.407 e. The molecule has 4 saturated carbocycles. The number of carbonyl (C=O) groups excluding carboxylic acids is 1. The Morgan fingerprint density at radius 2 is 1.71 bits per heavy atom. The van der Waals surface area contributed by atoms with Gasteiger partial charge in [-0.2, -0.15) is 0 Å². The van der Waals surface area contributed by atoms with E-state index in [0.29, 0.717) is 0 Å². The molecule has 0 aliphatic heterocycles. The van der Waals surface area contributed by atoms with Gasteiger partial charge in [0.05, 0.1) is 6.61 Å². The lowest BCUT2D eigenvalue weighted by molar-refractivity contribution is -0.0198. The molecule has 0 unspecified atom stereocenters. The van der Waals surface area contributed by atoms with Crippen molar-refractivity contribution in [2.24, 2.45) is 17.8 Å². The van der Waals surface area contributed by atoms with E-state index in [0.717, 1.165) is 37.0 Å². The molecule has 4 rings (SSSR count). The molecular formula is C13H21NO3. The van der Waals surface area contributed by atoms with Crippen molar-refractivity contribution >= 4 is 6.09 Å². The summed E-state index contributed by atoms with van der Waals surface area (Å²) in [5.41, 5.74) is 0.0152. The molecular weight excluding hydrogens is 218 g/mol. The van der Waals surface area contributed by atoms with E-state index in [-0.39, 0.29) is 24.8 Å². The Kier molecular flexibility index (Phi) is 2.77. The van der Waals surface area contributed by atoms with Gasteiger partial charge in [0.1, 0.15) is 6.61 Å². The van der Waals surface area contributed by atoms with Gasteiger partial charge in [-0.05, 0) is 56.3 Å². The Morgan fingerprint density at radius 1 is 1.18 bits per heavy atom. The lowest BCUT2D eigenvalue weighted by Gasteiger charge is -2.56. The van der Waals surface area contributed by atoms with Gasteiger partial charge in [0.25, 0.3) is 0 Å². The normalized spacial score (nSPS) is 42.5. The van der Waals surface area contributed by atoms with Crippen LogP contribution in [0.1, 0.15) is 38.5 Å². The summed E-state index contributed by atoms with van der Waals surface area (Å²) < 4.78 is 4.93. The zero-order chi connectivity index (χ0) is 11.9.